The molecule has 1 aromatic carbocycles. The molecule has 0 spiro atoms. The molecular formula is C25H28N6O2S. The minimum absolute atomic E-state index is 0.337. The van der Waals surface area contributed by atoms with Crippen LogP contribution in [0.3, 0.4) is 0 Å². The second-order valence-electron chi connectivity index (χ2n) is 9.77. The van der Waals surface area contributed by atoms with Gasteiger partial charge in [0.25, 0.3) is 5.56 Å². The molecule has 34 heavy (non-hydrogen) atoms. The van der Waals surface area contributed by atoms with E-state index >= 15 is 0 Å². The number of rotatable bonds is 4. The fourth-order valence-electron chi connectivity index (χ4n) is 4.42. The van der Waals surface area contributed by atoms with Crippen molar-refractivity contribution < 1.29 is 0 Å². The van der Waals surface area contributed by atoms with Crippen molar-refractivity contribution in [3.63, 3.8) is 0 Å². The van der Waals surface area contributed by atoms with Crippen LogP contribution in [-0.2, 0) is 38.1 Å². The van der Waals surface area contributed by atoms with Crippen LogP contribution in [0.4, 0.5) is 0 Å². The van der Waals surface area contributed by atoms with Gasteiger partial charge in [0.1, 0.15) is 16.2 Å². The van der Waals surface area contributed by atoms with Crippen LogP contribution in [0.5, 0.6) is 0 Å². The van der Waals surface area contributed by atoms with E-state index < -0.39 is 5.69 Å². The summed E-state index contributed by atoms with van der Waals surface area (Å²) in [6, 6.07) is 10.2. The van der Waals surface area contributed by atoms with E-state index in [1.165, 1.54) is 34.6 Å². The first kappa shape index (κ1) is 22.6. The van der Waals surface area contributed by atoms with E-state index in [0.717, 1.165) is 35.2 Å². The highest BCUT2D eigenvalue weighted by atomic mass is 32.2. The topological polar surface area (TPSA) is 87.6 Å². The van der Waals surface area contributed by atoms with Gasteiger partial charge in [0.15, 0.2) is 5.65 Å². The van der Waals surface area contributed by atoms with Crippen molar-refractivity contribution in [2.75, 3.05) is 0 Å². The Balaban J connectivity index is 1.62. The normalized spacial score (nSPS) is 13.6. The molecule has 0 saturated heterocycles. The van der Waals surface area contributed by atoms with Gasteiger partial charge >= 0.3 is 5.69 Å². The van der Waals surface area contributed by atoms with E-state index in [9.17, 15) is 9.59 Å². The number of aromatic nitrogens is 6. The monoisotopic (exact) mass is 476 g/mol. The third-order valence-electron chi connectivity index (χ3n) is 6.30. The predicted molar refractivity (Wildman–Crippen MR) is 134 cm³/mol. The number of thioether (sulfide) groups is 1. The molecule has 0 radical (unpaired) electrons. The third-order valence-corrected chi connectivity index (χ3v) is 7.28. The van der Waals surface area contributed by atoms with Crippen molar-refractivity contribution in [3.8, 4) is 5.69 Å². The third kappa shape index (κ3) is 3.68. The Hall–Kier alpha value is -3.20. The van der Waals surface area contributed by atoms with Crippen LogP contribution >= 0.6 is 11.8 Å². The van der Waals surface area contributed by atoms with Gasteiger partial charge in [-0.05, 0) is 37.0 Å². The number of para-hydroxylation sites is 1. The number of fused-ring (bicyclic) bond motifs is 2. The van der Waals surface area contributed by atoms with Crippen molar-refractivity contribution in [2.45, 2.75) is 56.2 Å². The van der Waals surface area contributed by atoms with Crippen molar-refractivity contribution >= 4 is 22.8 Å². The average Bonchev–Trinajstić information content (AvgIpc) is 3.42. The fourth-order valence-corrected chi connectivity index (χ4v) is 5.40. The molecule has 0 unspecified atom stereocenters. The smallest absolute Gasteiger partial charge is 0.280 e. The van der Waals surface area contributed by atoms with Crippen molar-refractivity contribution in [1.82, 2.24) is 28.9 Å². The summed E-state index contributed by atoms with van der Waals surface area (Å²) in [5.41, 5.74) is 3.91. The van der Waals surface area contributed by atoms with Gasteiger partial charge in [-0.15, -0.1) is 0 Å². The van der Waals surface area contributed by atoms with Gasteiger partial charge in [-0.2, -0.15) is 5.10 Å². The number of benzene rings is 1. The summed E-state index contributed by atoms with van der Waals surface area (Å²) in [5, 5.41) is 5.92. The van der Waals surface area contributed by atoms with Crippen molar-refractivity contribution in [1.29, 1.82) is 0 Å². The summed E-state index contributed by atoms with van der Waals surface area (Å²) >= 11 is 1.49. The SMILES string of the molecule is Cn1c(=O)c2c(SCc3nn(-c4ccccc4)c4c3CCC4)nc(C(C)(C)C)nc2n(C)c1=O. The van der Waals surface area contributed by atoms with E-state index in [-0.39, 0.29) is 11.0 Å². The summed E-state index contributed by atoms with van der Waals surface area (Å²) < 4.78 is 4.60. The Labute approximate surface area is 201 Å². The summed E-state index contributed by atoms with van der Waals surface area (Å²) in [7, 11) is 3.14. The van der Waals surface area contributed by atoms with Gasteiger partial charge < -0.3 is 0 Å². The first-order valence-corrected chi connectivity index (χ1v) is 12.4. The van der Waals surface area contributed by atoms with Gasteiger partial charge in [-0.3, -0.25) is 13.9 Å². The van der Waals surface area contributed by atoms with Crippen LogP contribution < -0.4 is 11.2 Å². The zero-order valence-corrected chi connectivity index (χ0v) is 20.9. The van der Waals surface area contributed by atoms with E-state index in [2.05, 4.69) is 21.8 Å². The summed E-state index contributed by atoms with van der Waals surface area (Å²) in [6.07, 6.45) is 3.13. The van der Waals surface area contributed by atoms with Crippen LogP contribution in [0, 0.1) is 0 Å². The van der Waals surface area contributed by atoms with Gasteiger partial charge in [-0.1, -0.05) is 50.7 Å². The minimum atomic E-state index is -0.397. The lowest BCUT2D eigenvalue weighted by Crippen LogP contribution is -2.38. The molecule has 0 bridgehead atoms. The maximum atomic E-state index is 13.1. The maximum Gasteiger partial charge on any atom is 0.332 e. The zero-order valence-electron chi connectivity index (χ0n) is 20.1. The van der Waals surface area contributed by atoms with E-state index in [4.69, 9.17) is 10.1 Å². The zero-order chi connectivity index (χ0) is 24.2. The van der Waals surface area contributed by atoms with Crippen LogP contribution in [-0.4, -0.2) is 28.9 Å². The number of aryl methyl sites for hydroxylation is 1. The van der Waals surface area contributed by atoms with Gasteiger partial charge in [0.05, 0.1) is 11.4 Å². The highest BCUT2D eigenvalue weighted by molar-refractivity contribution is 7.98. The number of nitrogens with zero attached hydrogens (tertiary/aromatic N) is 6. The minimum Gasteiger partial charge on any atom is -0.280 e. The van der Waals surface area contributed by atoms with Crippen LogP contribution in [0.2, 0.25) is 0 Å². The Bertz CT molecular complexity index is 1530. The highest BCUT2D eigenvalue weighted by Gasteiger charge is 2.26. The van der Waals surface area contributed by atoms with Crippen molar-refractivity contribution in [3.05, 3.63) is 73.9 Å². The number of hydrogen-bond acceptors (Lipinski definition) is 6. The molecule has 0 N–H and O–H groups in total. The van der Waals surface area contributed by atoms with E-state index in [0.29, 0.717) is 27.6 Å². The Morgan fingerprint density at radius 2 is 1.74 bits per heavy atom. The largest absolute Gasteiger partial charge is 0.332 e. The second kappa shape index (κ2) is 8.23. The molecule has 3 heterocycles. The van der Waals surface area contributed by atoms with Gasteiger partial charge in [0.2, 0.25) is 0 Å². The van der Waals surface area contributed by atoms with Crippen LogP contribution in [0.25, 0.3) is 16.7 Å². The van der Waals surface area contributed by atoms with Crippen LogP contribution in [0.15, 0.2) is 44.9 Å². The van der Waals surface area contributed by atoms with Gasteiger partial charge in [0, 0.05) is 31.0 Å². The summed E-state index contributed by atoms with van der Waals surface area (Å²) in [4.78, 5) is 35.1. The van der Waals surface area contributed by atoms with E-state index in [1.54, 1.807) is 7.05 Å². The summed E-state index contributed by atoms with van der Waals surface area (Å²) in [6.45, 7) is 6.07. The molecule has 0 aliphatic heterocycles. The molecule has 0 atom stereocenters. The molecule has 5 rings (SSSR count). The molecule has 8 nitrogen and oxygen atoms in total. The molecule has 0 fully saturated rings. The lowest BCUT2D eigenvalue weighted by atomic mass is 9.96. The predicted octanol–water partition coefficient (Wildman–Crippen LogP) is 3.29. The Morgan fingerprint density at radius 1 is 1.00 bits per heavy atom. The average molecular weight is 477 g/mol. The fraction of sp³-hybridized carbons (Fsp3) is 0.400. The Kier molecular flexibility index (Phi) is 5.47. The van der Waals surface area contributed by atoms with Gasteiger partial charge in [-0.25, -0.2) is 19.4 Å². The molecule has 3 aromatic heterocycles. The van der Waals surface area contributed by atoms with E-state index in [1.807, 2.05) is 39.0 Å². The quantitative estimate of drug-likeness (QED) is 0.332. The second-order valence-corrected chi connectivity index (χ2v) is 10.7. The molecular weight excluding hydrogens is 448 g/mol. The van der Waals surface area contributed by atoms with Crippen LogP contribution in [0.1, 0.15) is 50.0 Å². The molecule has 4 aromatic rings. The molecule has 9 heteroatoms. The lowest BCUT2D eigenvalue weighted by molar-refractivity contribution is 0.539. The van der Waals surface area contributed by atoms with Crippen molar-refractivity contribution in [2.24, 2.45) is 14.1 Å². The molecule has 1 aliphatic rings. The molecule has 1 aliphatic carbocycles. The highest BCUT2D eigenvalue weighted by Crippen LogP contribution is 2.33. The number of hydrogen-bond donors (Lipinski definition) is 0. The molecule has 176 valence electrons. The standard InChI is InChI=1S/C25H28N6O2S/c1-25(2,3)23-26-20-19(22(32)30(5)24(33)29(20)4)21(27-23)34-14-17-16-12-9-13-18(16)31(28-17)15-10-7-6-8-11-15/h6-8,10-11H,9,12-14H2,1-5H3. The summed E-state index contributed by atoms with van der Waals surface area (Å²) in [5.74, 6) is 1.19. The first-order valence-electron chi connectivity index (χ1n) is 11.4. The maximum absolute atomic E-state index is 13.1. The first-order chi connectivity index (χ1) is 16.2. The molecule has 0 amide bonds. The lowest BCUT2D eigenvalue weighted by Gasteiger charge is -2.19. The molecule has 0 saturated carbocycles. The Morgan fingerprint density at radius 3 is 2.44 bits per heavy atom.